The minimum Gasteiger partial charge on any atom is -0.444 e. The van der Waals surface area contributed by atoms with Gasteiger partial charge in [-0.05, 0) is 58.6 Å². The van der Waals surface area contributed by atoms with Crippen LogP contribution >= 0.6 is 0 Å². The zero-order valence-corrected chi connectivity index (χ0v) is 18.4. The summed E-state index contributed by atoms with van der Waals surface area (Å²) in [5.41, 5.74) is 3.87. The molecule has 0 atom stereocenters. The number of carbonyl (C=O) groups excluding carboxylic acids is 1. The molecule has 1 aromatic carbocycles. The van der Waals surface area contributed by atoms with E-state index in [1.165, 1.54) is 0 Å². The standard InChI is InChI=1S/C23H32N4O2/c1-16-17(2)21(25-24-20(16)18-10-8-7-9-11-18)27-14-12-19(13-15-27)26(6)22(28)29-23(3,4)5/h7-11,19H,12-15H2,1-6H3. The van der Waals surface area contributed by atoms with Gasteiger partial charge in [0, 0.05) is 31.7 Å². The lowest BCUT2D eigenvalue weighted by molar-refractivity contribution is 0.0200. The van der Waals surface area contributed by atoms with Crippen LogP contribution in [0, 0.1) is 13.8 Å². The van der Waals surface area contributed by atoms with Crippen molar-refractivity contribution in [3.63, 3.8) is 0 Å². The monoisotopic (exact) mass is 396 g/mol. The molecule has 1 amide bonds. The van der Waals surface area contributed by atoms with Crippen LogP contribution in [-0.4, -0.2) is 53.0 Å². The number of rotatable bonds is 3. The average Bonchev–Trinajstić information content (AvgIpc) is 2.69. The van der Waals surface area contributed by atoms with E-state index in [2.05, 4.69) is 41.1 Å². The number of piperidine rings is 1. The zero-order valence-electron chi connectivity index (χ0n) is 18.4. The molecule has 1 aliphatic heterocycles. The molecule has 0 unspecified atom stereocenters. The van der Waals surface area contributed by atoms with E-state index in [1.54, 1.807) is 4.90 Å². The Balaban J connectivity index is 1.68. The molecule has 6 heteroatoms. The van der Waals surface area contributed by atoms with E-state index in [0.717, 1.165) is 54.1 Å². The van der Waals surface area contributed by atoms with Crippen LogP contribution in [0.2, 0.25) is 0 Å². The fourth-order valence-corrected chi connectivity index (χ4v) is 3.71. The molecule has 2 aromatic rings. The van der Waals surface area contributed by atoms with Crippen molar-refractivity contribution in [2.24, 2.45) is 0 Å². The molecule has 0 aliphatic carbocycles. The molecule has 1 aromatic heterocycles. The van der Waals surface area contributed by atoms with Crippen LogP contribution in [-0.2, 0) is 4.74 Å². The molecule has 0 spiro atoms. The van der Waals surface area contributed by atoms with Crippen molar-refractivity contribution < 1.29 is 9.53 Å². The molecule has 29 heavy (non-hydrogen) atoms. The van der Waals surface area contributed by atoms with Crippen molar-refractivity contribution in [1.82, 2.24) is 15.1 Å². The molecule has 3 rings (SSSR count). The van der Waals surface area contributed by atoms with Gasteiger partial charge in [-0.1, -0.05) is 30.3 Å². The van der Waals surface area contributed by atoms with Gasteiger partial charge in [0.25, 0.3) is 0 Å². The first-order valence-corrected chi connectivity index (χ1v) is 10.3. The van der Waals surface area contributed by atoms with E-state index in [1.807, 2.05) is 46.0 Å². The highest BCUT2D eigenvalue weighted by Gasteiger charge is 2.29. The number of hydrogen-bond acceptors (Lipinski definition) is 5. The zero-order chi connectivity index (χ0) is 21.2. The lowest BCUT2D eigenvalue weighted by Gasteiger charge is -2.38. The van der Waals surface area contributed by atoms with Crippen molar-refractivity contribution in [3.8, 4) is 11.3 Å². The fraction of sp³-hybridized carbons (Fsp3) is 0.522. The lowest BCUT2D eigenvalue weighted by Crippen LogP contribution is -2.47. The Morgan fingerprint density at radius 1 is 1.07 bits per heavy atom. The predicted molar refractivity (Wildman–Crippen MR) is 116 cm³/mol. The third kappa shape index (κ3) is 4.86. The number of ether oxygens (including phenoxy) is 1. The molecular weight excluding hydrogens is 364 g/mol. The van der Waals surface area contributed by atoms with Gasteiger partial charge in [0.2, 0.25) is 0 Å². The first-order chi connectivity index (χ1) is 13.7. The van der Waals surface area contributed by atoms with Crippen molar-refractivity contribution >= 4 is 11.9 Å². The maximum atomic E-state index is 12.3. The summed E-state index contributed by atoms with van der Waals surface area (Å²) in [5.74, 6) is 0.945. The van der Waals surface area contributed by atoms with Crippen LogP contribution in [0.4, 0.5) is 10.6 Å². The Labute approximate surface area is 173 Å². The van der Waals surface area contributed by atoms with Gasteiger partial charge in [0.15, 0.2) is 5.82 Å². The Kier molecular flexibility index (Phi) is 6.10. The highest BCUT2D eigenvalue weighted by atomic mass is 16.6. The molecule has 2 heterocycles. The smallest absolute Gasteiger partial charge is 0.410 e. The van der Waals surface area contributed by atoms with Crippen molar-refractivity contribution in [2.75, 3.05) is 25.0 Å². The highest BCUT2D eigenvalue weighted by Crippen LogP contribution is 2.29. The van der Waals surface area contributed by atoms with E-state index in [4.69, 9.17) is 4.74 Å². The number of benzene rings is 1. The third-order valence-electron chi connectivity index (χ3n) is 5.54. The fourth-order valence-electron chi connectivity index (χ4n) is 3.71. The molecule has 0 radical (unpaired) electrons. The van der Waals surface area contributed by atoms with Crippen LogP contribution in [0.25, 0.3) is 11.3 Å². The summed E-state index contributed by atoms with van der Waals surface area (Å²) in [5, 5.41) is 9.09. The SMILES string of the molecule is Cc1c(-c2ccccc2)nnc(N2CCC(N(C)C(=O)OC(C)(C)C)CC2)c1C. The number of aromatic nitrogens is 2. The molecule has 0 bridgehead atoms. The normalized spacial score (nSPS) is 15.3. The molecule has 0 saturated carbocycles. The first-order valence-electron chi connectivity index (χ1n) is 10.3. The second-order valence-electron chi connectivity index (χ2n) is 8.80. The van der Waals surface area contributed by atoms with Crippen molar-refractivity contribution in [1.29, 1.82) is 0 Å². The van der Waals surface area contributed by atoms with Crippen LogP contribution < -0.4 is 4.90 Å². The van der Waals surface area contributed by atoms with Crippen molar-refractivity contribution in [3.05, 3.63) is 41.5 Å². The number of hydrogen-bond donors (Lipinski definition) is 0. The van der Waals surface area contributed by atoms with Crippen LogP contribution in [0.1, 0.15) is 44.7 Å². The summed E-state index contributed by atoms with van der Waals surface area (Å²) in [6.07, 6.45) is 1.52. The minimum absolute atomic E-state index is 0.180. The molecule has 1 aliphatic rings. The van der Waals surface area contributed by atoms with Gasteiger partial charge < -0.3 is 14.5 Å². The van der Waals surface area contributed by atoms with Gasteiger partial charge in [-0.15, -0.1) is 10.2 Å². The van der Waals surface area contributed by atoms with Gasteiger partial charge in [0.05, 0.1) is 5.69 Å². The van der Waals surface area contributed by atoms with Gasteiger partial charge >= 0.3 is 6.09 Å². The van der Waals surface area contributed by atoms with Gasteiger partial charge in [0.1, 0.15) is 5.60 Å². The summed E-state index contributed by atoms with van der Waals surface area (Å²) >= 11 is 0. The molecule has 156 valence electrons. The Bertz CT molecular complexity index is 853. The van der Waals surface area contributed by atoms with Gasteiger partial charge in [-0.2, -0.15) is 0 Å². The van der Waals surface area contributed by atoms with Gasteiger partial charge in [-0.3, -0.25) is 0 Å². The summed E-state index contributed by atoms with van der Waals surface area (Å²) in [6, 6.07) is 10.4. The summed E-state index contributed by atoms with van der Waals surface area (Å²) in [6.45, 7) is 11.6. The van der Waals surface area contributed by atoms with E-state index in [-0.39, 0.29) is 12.1 Å². The molecular formula is C23H32N4O2. The molecule has 0 N–H and O–H groups in total. The Morgan fingerprint density at radius 3 is 2.28 bits per heavy atom. The summed E-state index contributed by atoms with van der Waals surface area (Å²) in [4.78, 5) is 16.4. The van der Waals surface area contributed by atoms with Gasteiger partial charge in [-0.25, -0.2) is 4.79 Å². The first kappa shape index (κ1) is 21.1. The molecule has 6 nitrogen and oxygen atoms in total. The Hall–Kier alpha value is -2.63. The maximum absolute atomic E-state index is 12.3. The molecule has 1 saturated heterocycles. The summed E-state index contributed by atoms with van der Waals surface area (Å²) < 4.78 is 5.51. The van der Waals surface area contributed by atoms with Crippen LogP contribution in [0.3, 0.4) is 0 Å². The number of nitrogens with zero attached hydrogens (tertiary/aromatic N) is 4. The minimum atomic E-state index is -0.475. The summed E-state index contributed by atoms with van der Waals surface area (Å²) in [7, 11) is 1.83. The lowest BCUT2D eigenvalue weighted by atomic mass is 10.0. The van der Waals surface area contributed by atoms with Crippen molar-refractivity contribution in [2.45, 2.75) is 59.1 Å². The Morgan fingerprint density at radius 2 is 1.69 bits per heavy atom. The maximum Gasteiger partial charge on any atom is 0.410 e. The van der Waals surface area contributed by atoms with Crippen LogP contribution in [0.15, 0.2) is 30.3 Å². The molecule has 1 fully saturated rings. The second-order valence-corrected chi connectivity index (χ2v) is 8.80. The van der Waals surface area contributed by atoms with E-state index in [9.17, 15) is 4.79 Å². The quantitative estimate of drug-likeness (QED) is 0.759. The van der Waals surface area contributed by atoms with E-state index in [0.29, 0.717) is 0 Å². The highest BCUT2D eigenvalue weighted by molar-refractivity contribution is 5.68. The third-order valence-corrected chi connectivity index (χ3v) is 5.54. The van der Waals surface area contributed by atoms with E-state index < -0.39 is 5.60 Å². The second kappa shape index (κ2) is 8.39. The predicted octanol–water partition coefficient (Wildman–Crippen LogP) is 4.60. The average molecular weight is 397 g/mol. The number of amides is 1. The van der Waals surface area contributed by atoms with E-state index >= 15 is 0 Å². The van der Waals surface area contributed by atoms with Crippen LogP contribution in [0.5, 0.6) is 0 Å². The number of carbonyl (C=O) groups is 1. The largest absolute Gasteiger partial charge is 0.444 e. The number of anilines is 1. The topological polar surface area (TPSA) is 58.6 Å².